The molecular formula is C5H5O3. The lowest BCUT2D eigenvalue weighted by Gasteiger charge is -1.79. The van der Waals surface area contributed by atoms with Crippen LogP contribution in [-0.4, -0.2) is 11.8 Å². The van der Waals surface area contributed by atoms with E-state index in [0.29, 0.717) is 0 Å². The predicted molar refractivity (Wildman–Crippen MR) is 25.5 cm³/mol. The maximum atomic E-state index is 10.0. The molecule has 0 unspecified atom stereocenters. The van der Waals surface area contributed by atoms with Gasteiger partial charge >= 0.3 is 5.97 Å². The maximum Gasteiger partial charge on any atom is 0.421 e. The van der Waals surface area contributed by atoms with Crippen molar-refractivity contribution in [1.82, 2.24) is 0 Å². The zero-order valence-corrected chi connectivity index (χ0v) is 4.22. The third-order valence-corrected chi connectivity index (χ3v) is 0.557. The number of carbonyl (C=O) groups is 2. The summed E-state index contributed by atoms with van der Waals surface area (Å²) in [5.74, 6) is -2.58. The van der Waals surface area contributed by atoms with Crippen molar-refractivity contribution in [3.8, 4) is 0 Å². The Morgan fingerprint density at radius 1 is 1.50 bits per heavy atom. The third-order valence-electron chi connectivity index (χ3n) is 0.557. The number of ketones is 1. The Morgan fingerprint density at radius 2 is 2.00 bits per heavy atom. The molecule has 0 rings (SSSR count). The van der Waals surface area contributed by atoms with Gasteiger partial charge in [0.2, 0.25) is 5.78 Å². The van der Waals surface area contributed by atoms with E-state index in [2.05, 4.69) is 6.58 Å². The first-order valence-electron chi connectivity index (χ1n) is 2.03. The molecule has 3 heteroatoms. The number of hydrogen-bond acceptors (Lipinski definition) is 2. The van der Waals surface area contributed by atoms with Crippen LogP contribution in [0.25, 0.3) is 0 Å². The highest BCUT2D eigenvalue weighted by molar-refractivity contribution is 6.32. The molecular weight excluding hydrogens is 108 g/mol. The second-order valence-corrected chi connectivity index (χ2v) is 1.20. The van der Waals surface area contributed by atoms with Crippen molar-refractivity contribution in [3.63, 3.8) is 0 Å². The highest BCUT2D eigenvalue weighted by Gasteiger charge is 2.09. The Balaban J connectivity index is 3.65. The maximum absolute atomic E-state index is 10.0. The Labute approximate surface area is 46.6 Å². The van der Waals surface area contributed by atoms with Gasteiger partial charge in [-0.3, -0.25) is 4.79 Å². The summed E-state index contributed by atoms with van der Waals surface area (Å²) in [7, 11) is 0. The number of allylic oxidation sites excluding steroid dienone is 1. The van der Waals surface area contributed by atoms with Gasteiger partial charge in [0.25, 0.3) is 0 Å². The molecule has 0 heterocycles. The fraction of sp³-hybridized carbons (Fsp3) is 0.200. The molecule has 0 aromatic carbocycles. The molecule has 0 spiro atoms. The highest BCUT2D eigenvalue weighted by atomic mass is 16.4. The molecule has 0 amide bonds. The normalized spacial score (nSPS) is 8.00. The van der Waals surface area contributed by atoms with Gasteiger partial charge in [-0.25, -0.2) is 9.90 Å². The lowest BCUT2D eigenvalue weighted by molar-refractivity contribution is -0.153. The fourth-order valence-electron chi connectivity index (χ4n) is 0.214. The van der Waals surface area contributed by atoms with Crippen molar-refractivity contribution in [1.29, 1.82) is 0 Å². The van der Waals surface area contributed by atoms with Gasteiger partial charge in [0, 0.05) is 6.42 Å². The van der Waals surface area contributed by atoms with Gasteiger partial charge < -0.3 is 0 Å². The van der Waals surface area contributed by atoms with Crippen molar-refractivity contribution in [2.45, 2.75) is 6.42 Å². The van der Waals surface area contributed by atoms with Crippen LogP contribution in [0.15, 0.2) is 12.7 Å². The summed E-state index contributed by atoms with van der Waals surface area (Å²) in [5.41, 5.74) is 0. The molecule has 43 valence electrons. The molecule has 1 radical (unpaired) electrons. The van der Waals surface area contributed by atoms with E-state index in [1.807, 2.05) is 0 Å². The quantitative estimate of drug-likeness (QED) is 0.384. The molecule has 0 bridgehead atoms. The van der Waals surface area contributed by atoms with E-state index < -0.39 is 11.8 Å². The molecule has 0 fully saturated rings. The third kappa shape index (κ3) is 2.12. The van der Waals surface area contributed by atoms with Crippen LogP contribution in [0.2, 0.25) is 0 Å². The molecule has 0 aromatic heterocycles. The van der Waals surface area contributed by atoms with E-state index in [1.54, 1.807) is 0 Å². The monoisotopic (exact) mass is 113 g/mol. The van der Waals surface area contributed by atoms with E-state index in [-0.39, 0.29) is 6.42 Å². The zero-order chi connectivity index (χ0) is 6.57. The van der Waals surface area contributed by atoms with Crippen molar-refractivity contribution in [2.75, 3.05) is 0 Å². The van der Waals surface area contributed by atoms with Crippen LogP contribution in [0, 0.1) is 0 Å². The van der Waals surface area contributed by atoms with E-state index in [9.17, 15) is 14.7 Å². The van der Waals surface area contributed by atoms with Crippen molar-refractivity contribution in [3.05, 3.63) is 12.7 Å². The Bertz CT molecular complexity index is 126. The van der Waals surface area contributed by atoms with E-state index in [4.69, 9.17) is 0 Å². The summed E-state index contributed by atoms with van der Waals surface area (Å²) in [6.07, 6.45) is 1.07. The molecule has 0 aromatic rings. The summed E-state index contributed by atoms with van der Waals surface area (Å²) in [6.45, 7) is 3.17. The number of hydrogen-bond donors (Lipinski definition) is 0. The first-order valence-corrected chi connectivity index (χ1v) is 2.03. The van der Waals surface area contributed by atoms with E-state index in [1.165, 1.54) is 6.08 Å². The minimum atomic E-state index is -1.65. The zero-order valence-electron chi connectivity index (χ0n) is 4.22. The standard InChI is InChI=1S/C5H5O3/c1-2-3-4(6)5(7)8/h2H,1,3H2. The van der Waals surface area contributed by atoms with E-state index >= 15 is 0 Å². The molecule has 0 aliphatic heterocycles. The molecule has 0 saturated heterocycles. The smallest absolute Gasteiger partial charge is 0.286 e. The highest BCUT2D eigenvalue weighted by Crippen LogP contribution is 1.82. The van der Waals surface area contributed by atoms with Gasteiger partial charge in [-0.1, -0.05) is 6.08 Å². The van der Waals surface area contributed by atoms with Gasteiger partial charge in [0.1, 0.15) is 0 Å². The fourth-order valence-corrected chi connectivity index (χ4v) is 0.214. The lowest BCUT2D eigenvalue weighted by atomic mass is 10.3. The summed E-state index contributed by atoms with van der Waals surface area (Å²) in [5, 5.41) is 9.58. The second-order valence-electron chi connectivity index (χ2n) is 1.20. The molecule has 0 saturated carbocycles. The van der Waals surface area contributed by atoms with Crippen LogP contribution in [-0.2, 0) is 14.7 Å². The minimum absolute atomic E-state index is 0.150. The second kappa shape index (κ2) is 2.96. The molecule has 8 heavy (non-hydrogen) atoms. The first kappa shape index (κ1) is 6.88. The van der Waals surface area contributed by atoms with Crippen LogP contribution < -0.4 is 0 Å². The average molecular weight is 113 g/mol. The molecule has 0 N–H and O–H groups in total. The van der Waals surface area contributed by atoms with E-state index in [0.717, 1.165) is 0 Å². The summed E-state index contributed by atoms with van der Waals surface area (Å²) >= 11 is 0. The van der Waals surface area contributed by atoms with Crippen LogP contribution in [0.5, 0.6) is 0 Å². The number of Topliss-reactive ketones (excluding diaryl/α,β-unsaturated/α-hetero) is 1. The SMILES string of the molecule is C=CCC(=O)C([O])=O. The van der Waals surface area contributed by atoms with Gasteiger partial charge in [-0.05, 0) is 0 Å². The summed E-state index contributed by atoms with van der Waals surface area (Å²) < 4.78 is 0. The van der Waals surface area contributed by atoms with Gasteiger partial charge in [0.15, 0.2) is 0 Å². The molecule has 3 nitrogen and oxygen atoms in total. The predicted octanol–water partition coefficient (Wildman–Crippen LogP) is 0.0887. The van der Waals surface area contributed by atoms with Crippen LogP contribution in [0.4, 0.5) is 0 Å². The van der Waals surface area contributed by atoms with Crippen LogP contribution in [0.3, 0.4) is 0 Å². The molecule has 0 atom stereocenters. The average Bonchev–Trinajstić information content (AvgIpc) is 1.67. The van der Waals surface area contributed by atoms with Gasteiger partial charge in [0.05, 0.1) is 0 Å². The van der Waals surface area contributed by atoms with Gasteiger partial charge in [-0.15, -0.1) is 6.58 Å². The van der Waals surface area contributed by atoms with Crippen molar-refractivity contribution in [2.24, 2.45) is 0 Å². The molecule has 0 aliphatic rings. The number of rotatable bonds is 3. The van der Waals surface area contributed by atoms with Crippen LogP contribution >= 0.6 is 0 Å². The van der Waals surface area contributed by atoms with Crippen molar-refractivity contribution < 1.29 is 14.7 Å². The minimum Gasteiger partial charge on any atom is -0.286 e. The van der Waals surface area contributed by atoms with Crippen LogP contribution in [0.1, 0.15) is 6.42 Å². The molecule has 0 aliphatic carbocycles. The first-order chi connectivity index (χ1) is 3.68. The largest absolute Gasteiger partial charge is 0.421 e. The lowest BCUT2D eigenvalue weighted by Crippen LogP contribution is -2.08. The topological polar surface area (TPSA) is 54.0 Å². The summed E-state index contributed by atoms with van der Waals surface area (Å²) in [6, 6.07) is 0. The van der Waals surface area contributed by atoms with Crippen molar-refractivity contribution >= 4 is 11.8 Å². The van der Waals surface area contributed by atoms with Gasteiger partial charge in [-0.2, -0.15) is 0 Å². The summed E-state index contributed by atoms with van der Waals surface area (Å²) in [4.78, 5) is 19.6. The number of carbonyl (C=O) groups excluding carboxylic acids is 2. The Kier molecular flexibility index (Phi) is 2.54. The Hall–Kier alpha value is -1.12. The Morgan fingerprint density at radius 3 is 2.12 bits per heavy atom.